The Bertz CT molecular complexity index is 209. The van der Waals surface area contributed by atoms with Crippen LogP contribution in [0.4, 0.5) is 4.79 Å². The van der Waals surface area contributed by atoms with E-state index < -0.39 is 28.1 Å². The normalized spacial score (nSPS) is 17.2. The lowest BCUT2D eigenvalue weighted by Gasteiger charge is -2.15. The molecular weight excluding hydrogens is 240 g/mol. The molecule has 0 aliphatic carbocycles. The Kier molecular flexibility index (Phi) is 5.44. The zero-order valence-corrected chi connectivity index (χ0v) is 8.90. The van der Waals surface area contributed by atoms with E-state index in [0.29, 0.717) is 0 Å². The first-order chi connectivity index (χ1) is 5.86. The standard InChI is InChI=1S/C6H8Cl3NO3/c1-2(7)3(8)4(9)5(11)10-6(12)13/h2-4H,1H3,(H,10,11)(H,12,13). The van der Waals surface area contributed by atoms with Gasteiger partial charge in [0.05, 0.1) is 5.38 Å². The van der Waals surface area contributed by atoms with Crippen molar-refractivity contribution >= 4 is 46.8 Å². The van der Waals surface area contributed by atoms with Gasteiger partial charge in [0.1, 0.15) is 5.38 Å². The van der Waals surface area contributed by atoms with Gasteiger partial charge >= 0.3 is 6.09 Å². The minimum atomic E-state index is -1.47. The van der Waals surface area contributed by atoms with Gasteiger partial charge in [0.2, 0.25) is 5.91 Å². The van der Waals surface area contributed by atoms with Gasteiger partial charge in [0, 0.05) is 5.38 Å². The Hall–Kier alpha value is -0.190. The molecule has 0 spiro atoms. The Balaban J connectivity index is 4.17. The summed E-state index contributed by atoms with van der Waals surface area (Å²) in [5, 5.41) is 7.26. The largest absolute Gasteiger partial charge is 0.465 e. The highest BCUT2D eigenvalue weighted by Gasteiger charge is 2.28. The molecule has 0 bridgehead atoms. The van der Waals surface area contributed by atoms with Gasteiger partial charge in [-0.15, -0.1) is 34.8 Å². The van der Waals surface area contributed by atoms with Crippen LogP contribution in [0.15, 0.2) is 0 Å². The van der Waals surface area contributed by atoms with E-state index in [1.807, 2.05) is 0 Å². The smallest absolute Gasteiger partial charge is 0.411 e. The van der Waals surface area contributed by atoms with E-state index >= 15 is 0 Å². The molecule has 4 nitrogen and oxygen atoms in total. The molecule has 0 aromatic carbocycles. The number of alkyl halides is 3. The topological polar surface area (TPSA) is 66.4 Å². The van der Waals surface area contributed by atoms with Crippen molar-refractivity contribution in [1.29, 1.82) is 0 Å². The van der Waals surface area contributed by atoms with Crippen LogP contribution in [0.3, 0.4) is 0 Å². The van der Waals surface area contributed by atoms with Crippen LogP contribution in [0.2, 0.25) is 0 Å². The van der Waals surface area contributed by atoms with Crippen LogP contribution < -0.4 is 5.32 Å². The van der Waals surface area contributed by atoms with E-state index in [4.69, 9.17) is 39.9 Å². The van der Waals surface area contributed by atoms with E-state index in [0.717, 1.165) is 0 Å². The summed E-state index contributed by atoms with van der Waals surface area (Å²) >= 11 is 16.7. The minimum Gasteiger partial charge on any atom is -0.465 e. The maximum atomic E-state index is 10.9. The summed E-state index contributed by atoms with van der Waals surface area (Å²) in [5.74, 6) is -0.873. The van der Waals surface area contributed by atoms with Crippen LogP contribution in [0, 0.1) is 0 Å². The molecule has 2 amide bonds. The van der Waals surface area contributed by atoms with Crippen molar-refractivity contribution in [1.82, 2.24) is 5.32 Å². The Morgan fingerprint density at radius 2 is 1.77 bits per heavy atom. The fraction of sp³-hybridized carbons (Fsp3) is 0.667. The second kappa shape index (κ2) is 5.52. The SMILES string of the molecule is CC(Cl)C(Cl)C(Cl)C(=O)NC(=O)O. The summed E-state index contributed by atoms with van der Waals surface area (Å²) in [5.41, 5.74) is 0. The first kappa shape index (κ1) is 12.8. The van der Waals surface area contributed by atoms with E-state index in [1.165, 1.54) is 0 Å². The van der Waals surface area contributed by atoms with Gasteiger partial charge in [0.25, 0.3) is 0 Å². The van der Waals surface area contributed by atoms with Gasteiger partial charge in [-0.2, -0.15) is 0 Å². The van der Waals surface area contributed by atoms with Gasteiger partial charge < -0.3 is 5.11 Å². The summed E-state index contributed by atoms with van der Waals surface area (Å²) in [6.45, 7) is 1.56. The molecule has 0 aliphatic rings. The third kappa shape index (κ3) is 4.55. The van der Waals surface area contributed by atoms with Gasteiger partial charge in [-0.05, 0) is 6.92 Å². The average molecular weight is 248 g/mol. The molecule has 0 rings (SSSR count). The van der Waals surface area contributed by atoms with E-state index in [-0.39, 0.29) is 0 Å². The molecular formula is C6H8Cl3NO3. The Labute approximate surface area is 90.1 Å². The molecule has 0 saturated heterocycles. The van der Waals surface area contributed by atoms with Gasteiger partial charge in [-0.25, -0.2) is 4.79 Å². The number of rotatable bonds is 3. The van der Waals surface area contributed by atoms with Crippen molar-refractivity contribution in [2.45, 2.75) is 23.1 Å². The second-order valence-electron chi connectivity index (χ2n) is 2.32. The highest BCUT2D eigenvalue weighted by Crippen LogP contribution is 2.18. The average Bonchev–Trinajstić information content (AvgIpc) is 2.00. The number of halogens is 3. The summed E-state index contributed by atoms with van der Waals surface area (Å²) in [4.78, 5) is 21.0. The number of carbonyl (C=O) groups is 2. The van der Waals surface area contributed by atoms with E-state index in [1.54, 1.807) is 12.2 Å². The Morgan fingerprint density at radius 1 is 1.31 bits per heavy atom. The zero-order chi connectivity index (χ0) is 10.6. The third-order valence-corrected chi connectivity index (χ3v) is 2.83. The quantitative estimate of drug-likeness (QED) is 0.746. The fourth-order valence-electron chi connectivity index (χ4n) is 0.552. The lowest BCUT2D eigenvalue weighted by molar-refractivity contribution is -0.120. The van der Waals surface area contributed by atoms with Gasteiger partial charge in [-0.3, -0.25) is 10.1 Å². The van der Waals surface area contributed by atoms with Crippen molar-refractivity contribution in [2.75, 3.05) is 0 Å². The van der Waals surface area contributed by atoms with Crippen molar-refractivity contribution in [3.8, 4) is 0 Å². The maximum Gasteiger partial charge on any atom is 0.411 e. The number of carbonyl (C=O) groups excluding carboxylic acids is 1. The zero-order valence-electron chi connectivity index (χ0n) is 6.63. The number of hydrogen-bond acceptors (Lipinski definition) is 2. The van der Waals surface area contributed by atoms with Crippen LogP contribution in [0.5, 0.6) is 0 Å². The van der Waals surface area contributed by atoms with Crippen LogP contribution in [-0.4, -0.2) is 33.2 Å². The second-order valence-corrected chi connectivity index (χ2v) is 3.98. The minimum absolute atomic E-state index is 0.524. The molecule has 76 valence electrons. The van der Waals surface area contributed by atoms with E-state index in [9.17, 15) is 9.59 Å². The third-order valence-electron chi connectivity index (χ3n) is 1.20. The van der Waals surface area contributed by atoms with Crippen LogP contribution in [-0.2, 0) is 4.79 Å². The molecule has 3 atom stereocenters. The van der Waals surface area contributed by atoms with Crippen molar-refractivity contribution in [3.05, 3.63) is 0 Å². The first-order valence-electron chi connectivity index (χ1n) is 3.32. The number of amides is 2. The molecule has 3 unspecified atom stereocenters. The summed E-state index contributed by atoms with van der Waals surface area (Å²) in [7, 11) is 0. The fourth-order valence-corrected chi connectivity index (χ4v) is 1.16. The predicted molar refractivity (Wildman–Crippen MR) is 50.8 cm³/mol. The molecule has 0 aromatic heterocycles. The summed E-state index contributed by atoms with van der Waals surface area (Å²) in [6, 6.07) is 0. The molecule has 7 heteroatoms. The number of carboxylic acid groups (broad SMARTS) is 1. The highest BCUT2D eigenvalue weighted by molar-refractivity contribution is 6.40. The van der Waals surface area contributed by atoms with E-state index in [2.05, 4.69) is 0 Å². The molecule has 2 N–H and O–H groups in total. The van der Waals surface area contributed by atoms with Crippen molar-refractivity contribution in [2.24, 2.45) is 0 Å². The summed E-state index contributed by atoms with van der Waals surface area (Å²) in [6.07, 6.45) is -1.47. The summed E-state index contributed by atoms with van der Waals surface area (Å²) < 4.78 is 0. The molecule has 0 aliphatic heterocycles. The lowest BCUT2D eigenvalue weighted by Crippen LogP contribution is -2.41. The van der Waals surface area contributed by atoms with Gasteiger partial charge in [0.15, 0.2) is 0 Å². The van der Waals surface area contributed by atoms with Gasteiger partial charge in [-0.1, -0.05) is 0 Å². The van der Waals surface area contributed by atoms with Crippen LogP contribution >= 0.6 is 34.8 Å². The number of imide groups is 1. The maximum absolute atomic E-state index is 10.9. The van der Waals surface area contributed by atoms with Crippen LogP contribution in [0.25, 0.3) is 0 Å². The number of hydrogen-bond donors (Lipinski definition) is 2. The molecule has 0 radical (unpaired) electrons. The molecule has 0 heterocycles. The molecule has 13 heavy (non-hydrogen) atoms. The highest BCUT2D eigenvalue weighted by atomic mass is 35.5. The monoisotopic (exact) mass is 247 g/mol. The number of nitrogens with one attached hydrogen (secondary N) is 1. The van der Waals surface area contributed by atoms with Crippen molar-refractivity contribution in [3.63, 3.8) is 0 Å². The lowest BCUT2D eigenvalue weighted by atomic mass is 10.2. The van der Waals surface area contributed by atoms with Crippen molar-refractivity contribution < 1.29 is 14.7 Å². The molecule has 0 aromatic rings. The van der Waals surface area contributed by atoms with Crippen LogP contribution in [0.1, 0.15) is 6.92 Å². The Morgan fingerprint density at radius 3 is 2.08 bits per heavy atom. The predicted octanol–water partition coefficient (Wildman–Crippen LogP) is 1.62. The molecule has 0 fully saturated rings. The first-order valence-corrected chi connectivity index (χ1v) is 4.63. The molecule has 0 saturated carbocycles.